The average molecular weight is 366 g/mol. The van der Waals surface area contributed by atoms with Crippen molar-refractivity contribution < 1.29 is 28.4 Å². The van der Waals surface area contributed by atoms with Gasteiger partial charge in [-0.15, -0.1) is 0 Å². The molecule has 10 heteroatoms. The minimum atomic E-state index is -4.11. The van der Waals surface area contributed by atoms with Crippen LogP contribution in [0.15, 0.2) is 54.6 Å². The first kappa shape index (κ1) is 18.4. The normalized spacial score (nSPS) is 14.1. The highest BCUT2D eigenvalue weighted by Gasteiger charge is 2.33. The molecule has 2 aromatic carbocycles. The highest BCUT2D eigenvalue weighted by atomic mass is 31.2. The first-order chi connectivity index (χ1) is 11.8. The first-order valence-electron chi connectivity index (χ1n) is 7.08. The van der Waals surface area contributed by atoms with Gasteiger partial charge in [0.1, 0.15) is 17.5 Å². The van der Waals surface area contributed by atoms with E-state index in [1.54, 1.807) is 18.2 Å². The van der Waals surface area contributed by atoms with E-state index in [1.807, 2.05) is 0 Å². The fraction of sp³-hybridized carbons (Fsp3) is 0.133. The Morgan fingerprint density at radius 1 is 1.12 bits per heavy atom. The standard InChI is InChI=1S/C15H15N2O7P/c1-11(15(18)19)16-25(22,23-13-5-3-2-4-6-13)24-14-9-7-12(8-10-14)17(20)21/h2-11H,1H3,(H,16,22)(H,18,19)/t11?,25-/m0/s1. The molecule has 0 fully saturated rings. The molecular formula is C15H15N2O7P. The number of nitro groups is 1. The van der Waals surface area contributed by atoms with E-state index in [9.17, 15) is 19.5 Å². The molecule has 132 valence electrons. The monoisotopic (exact) mass is 366 g/mol. The highest BCUT2D eigenvalue weighted by Crippen LogP contribution is 2.45. The zero-order chi connectivity index (χ0) is 18.4. The largest absolute Gasteiger partial charge is 0.513 e. The van der Waals surface area contributed by atoms with E-state index in [-0.39, 0.29) is 17.2 Å². The van der Waals surface area contributed by atoms with Gasteiger partial charge < -0.3 is 14.2 Å². The number of carboxylic acid groups (broad SMARTS) is 1. The number of aliphatic carboxylic acids is 1. The lowest BCUT2D eigenvalue weighted by Gasteiger charge is -2.22. The summed E-state index contributed by atoms with van der Waals surface area (Å²) in [6.45, 7) is 1.28. The van der Waals surface area contributed by atoms with Crippen LogP contribution in [-0.2, 0) is 9.36 Å². The van der Waals surface area contributed by atoms with Crippen LogP contribution in [0.4, 0.5) is 5.69 Å². The number of nitrogens with one attached hydrogen (secondary N) is 1. The van der Waals surface area contributed by atoms with Gasteiger partial charge in [0.2, 0.25) is 0 Å². The molecule has 0 aromatic heterocycles. The summed E-state index contributed by atoms with van der Waals surface area (Å²) < 4.78 is 23.6. The van der Waals surface area contributed by atoms with Gasteiger partial charge in [0.05, 0.1) is 4.92 Å². The predicted molar refractivity (Wildman–Crippen MR) is 88.6 cm³/mol. The fourth-order valence-electron chi connectivity index (χ4n) is 1.75. The van der Waals surface area contributed by atoms with Crippen LogP contribution in [0.5, 0.6) is 11.5 Å². The van der Waals surface area contributed by atoms with Crippen LogP contribution in [-0.4, -0.2) is 22.0 Å². The Labute approximate surface area is 142 Å². The molecule has 0 saturated heterocycles. The van der Waals surface area contributed by atoms with E-state index in [0.717, 1.165) is 0 Å². The Morgan fingerprint density at radius 2 is 1.64 bits per heavy atom. The summed E-state index contributed by atoms with van der Waals surface area (Å²) in [5.74, 6) is -1.02. The van der Waals surface area contributed by atoms with Crippen LogP contribution < -0.4 is 14.1 Å². The molecule has 0 radical (unpaired) electrons. The van der Waals surface area contributed by atoms with Crippen molar-refractivity contribution in [1.82, 2.24) is 5.09 Å². The summed E-state index contributed by atoms with van der Waals surface area (Å²) >= 11 is 0. The second-order valence-electron chi connectivity index (χ2n) is 4.93. The molecule has 0 aliphatic carbocycles. The number of rotatable bonds is 8. The van der Waals surface area contributed by atoms with Gasteiger partial charge in [-0.2, -0.15) is 5.09 Å². The van der Waals surface area contributed by atoms with Crippen LogP contribution in [0.25, 0.3) is 0 Å². The number of para-hydroxylation sites is 1. The summed E-state index contributed by atoms with van der Waals surface area (Å²) in [4.78, 5) is 21.1. The smallest absolute Gasteiger partial charge is 0.480 e. The minimum absolute atomic E-state index is 0.0231. The van der Waals surface area contributed by atoms with E-state index in [2.05, 4.69) is 5.09 Å². The van der Waals surface area contributed by atoms with Gasteiger partial charge in [0.15, 0.2) is 0 Å². The molecule has 0 amide bonds. The van der Waals surface area contributed by atoms with Gasteiger partial charge in [0, 0.05) is 12.1 Å². The van der Waals surface area contributed by atoms with Crippen molar-refractivity contribution in [2.75, 3.05) is 0 Å². The Balaban J connectivity index is 2.25. The van der Waals surface area contributed by atoms with Crippen molar-refractivity contribution in [3.63, 3.8) is 0 Å². The third kappa shape index (κ3) is 5.30. The molecule has 0 heterocycles. The van der Waals surface area contributed by atoms with Gasteiger partial charge in [0.25, 0.3) is 5.69 Å². The lowest BCUT2D eigenvalue weighted by atomic mass is 10.3. The van der Waals surface area contributed by atoms with E-state index in [4.69, 9.17) is 14.2 Å². The SMILES string of the molecule is CC(N[P@](=O)(Oc1ccccc1)Oc1ccc([N+](=O)[O-])cc1)C(=O)O. The van der Waals surface area contributed by atoms with Crippen molar-refractivity contribution >= 4 is 19.4 Å². The molecule has 0 spiro atoms. The molecule has 2 N–H and O–H groups in total. The number of carboxylic acids is 1. The fourth-order valence-corrected chi connectivity index (χ4v) is 3.28. The Hall–Kier alpha value is -2.90. The van der Waals surface area contributed by atoms with E-state index in [0.29, 0.717) is 0 Å². The number of nitro benzene ring substituents is 1. The summed E-state index contributed by atoms with van der Waals surface area (Å²) in [6, 6.07) is 11.7. The predicted octanol–water partition coefficient (Wildman–Crippen LogP) is 3.22. The van der Waals surface area contributed by atoms with Gasteiger partial charge in [-0.05, 0) is 31.2 Å². The number of nitrogens with zero attached hydrogens (tertiary/aromatic N) is 1. The average Bonchev–Trinajstić information content (AvgIpc) is 2.55. The lowest BCUT2D eigenvalue weighted by molar-refractivity contribution is -0.384. The second-order valence-corrected chi connectivity index (χ2v) is 6.55. The van der Waals surface area contributed by atoms with Crippen LogP contribution in [0.3, 0.4) is 0 Å². The number of hydrogen-bond donors (Lipinski definition) is 2. The maximum atomic E-state index is 12.9. The molecule has 0 aliphatic rings. The number of non-ortho nitro benzene ring substituents is 1. The van der Waals surface area contributed by atoms with Crippen molar-refractivity contribution in [2.24, 2.45) is 0 Å². The Morgan fingerprint density at radius 3 is 2.12 bits per heavy atom. The molecule has 2 aromatic rings. The van der Waals surface area contributed by atoms with Crippen molar-refractivity contribution in [3.8, 4) is 11.5 Å². The molecule has 2 atom stereocenters. The van der Waals surface area contributed by atoms with E-state index >= 15 is 0 Å². The maximum Gasteiger partial charge on any atom is 0.513 e. The molecular weight excluding hydrogens is 351 g/mol. The van der Waals surface area contributed by atoms with Gasteiger partial charge in [-0.25, -0.2) is 4.57 Å². The summed E-state index contributed by atoms with van der Waals surface area (Å²) in [7, 11) is -4.11. The van der Waals surface area contributed by atoms with Gasteiger partial charge >= 0.3 is 13.7 Å². The van der Waals surface area contributed by atoms with Crippen LogP contribution in [0.2, 0.25) is 0 Å². The zero-order valence-corrected chi connectivity index (χ0v) is 14.0. The molecule has 2 rings (SSSR count). The van der Waals surface area contributed by atoms with E-state index < -0.39 is 24.7 Å². The lowest BCUT2D eigenvalue weighted by Crippen LogP contribution is -2.34. The van der Waals surface area contributed by atoms with Crippen LogP contribution in [0, 0.1) is 10.1 Å². The Kier molecular flexibility index (Phi) is 5.74. The second kappa shape index (κ2) is 7.78. The van der Waals surface area contributed by atoms with Gasteiger partial charge in [-0.3, -0.25) is 14.9 Å². The highest BCUT2D eigenvalue weighted by molar-refractivity contribution is 7.52. The summed E-state index contributed by atoms with van der Waals surface area (Å²) in [6.07, 6.45) is 0. The van der Waals surface area contributed by atoms with E-state index in [1.165, 1.54) is 43.3 Å². The topological polar surface area (TPSA) is 128 Å². The quantitative estimate of drug-likeness (QED) is 0.414. The number of benzene rings is 2. The zero-order valence-electron chi connectivity index (χ0n) is 13.1. The van der Waals surface area contributed by atoms with Crippen LogP contribution in [0.1, 0.15) is 6.92 Å². The minimum Gasteiger partial charge on any atom is -0.480 e. The molecule has 1 unspecified atom stereocenters. The maximum absolute atomic E-state index is 12.9. The number of carbonyl (C=O) groups is 1. The molecule has 0 saturated carbocycles. The number of hydrogen-bond acceptors (Lipinski definition) is 6. The summed E-state index contributed by atoms with van der Waals surface area (Å²) in [5, 5.41) is 22.0. The molecule has 25 heavy (non-hydrogen) atoms. The van der Waals surface area contributed by atoms with Gasteiger partial charge in [-0.1, -0.05) is 18.2 Å². The third-order valence-electron chi connectivity index (χ3n) is 2.96. The van der Waals surface area contributed by atoms with Crippen molar-refractivity contribution in [3.05, 3.63) is 64.7 Å². The van der Waals surface area contributed by atoms with Crippen LogP contribution >= 0.6 is 7.75 Å². The summed E-state index contributed by atoms with van der Waals surface area (Å²) in [5.41, 5.74) is -0.168. The van der Waals surface area contributed by atoms with Crippen molar-refractivity contribution in [1.29, 1.82) is 0 Å². The molecule has 0 aliphatic heterocycles. The third-order valence-corrected chi connectivity index (χ3v) is 4.57. The first-order valence-corrected chi connectivity index (χ1v) is 8.63. The van der Waals surface area contributed by atoms with Crippen molar-refractivity contribution in [2.45, 2.75) is 13.0 Å². The molecule has 9 nitrogen and oxygen atoms in total. The Bertz CT molecular complexity index is 795. The molecule has 0 bridgehead atoms.